The second-order valence-electron chi connectivity index (χ2n) is 5.44. The maximum atomic E-state index is 4.58. The predicted molar refractivity (Wildman–Crippen MR) is 77.4 cm³/mol. The topological polar surface area (TPSA) is 29.0 Å². The Kier molecular flexibility index (Phi) is 3.83. The largest absolute Gasteiger partial charge is 0.356 e. The van der Waals surface area contributed by atoms with Crippen LogP contribution < -0.4 is 4.90 Å². The van der Waals surface area contributed by atoms with Crippen LogP contribution in [0.4, 0.5) is 5.82 Å². The molecule has 2 aliphatic rings. The van der Waals surface area contributed by atoms with Crippen molar-refractivity contribution in [2.45, 2.75) is 38.5 Å². The maximum Gasteiger partial charge on any atom is 0.135 e. The first-order chi connectivity index (χ1) is 8.88. The van der Waals surface area contributed by atoms with Crippen LogP contribution in [0.25, 0.3) is 0 Å². The number of aryl methyl sites for hydroxylation is 1. The fraction of sp³-hybridized carbons (Fsp3) is 0.714. The zero-order chi connectivity index (χ0) is 12.4. The molecule has 4 heteroatoms. The second kappa shape index (κ2) is 5.55. The molecule has 1 fully saturated rings. The summed E-state index contributed by atoms with van der Waals surface area (Å²) in [6.45, 7) is 2.31. The minimum Gasteiger partial charge on any atom is -0.356 e. The monoisotopic (exact) mass is 309 g/mol. The molecule has 0 spiro atoms. The fourth-order valence-electron chi connectivity index (χ4n) is 3.16. The molecule has 2 heterocycles. The lowest BCUT2D eigenvalue weighted by atomic mass is 9.94. The summed E-state index contributed by atoms with van der Waals surface area (Å²) in [7, 11) is 0. The highest BCUT2D eigenvalue weighted by Gasteiger charge is 2.24. The molecule has 1 saturated heterocycles. The van der Waals surface area contributed by atoms with Gasteiger partial charge in [-0.25, -0.2) is 9.97 Å². The summed E-state index contributed by atoms with van der Waals surface area (Å²) in [6, 6.07) is 0. The van der Waals surface area contributed by atoms with E-state index in [0.717, 1.165) is 30.8 Å². The van der Waals surface area contributed by atoms with Gasteiger partial charge in [0.25, 0.3) is 0 Å². The van der Waals surface area contributed by atoms with Gasteiger partial charge in [-0.2, -0.15) is 0 Å². The molecule has 3 rings (SSSR count). The van der Waals surface area contributed by atoms with Gasteiger partial charge >= 0.3 is 0 Å². The van der Waals surface area contributed by atoms with Crippen molar-refractivity contribution in [1.82, 2.24) is 9.97 Å². The van der Waals surface area contributed by atoms with Crippen molar-refractivity contribution in [3.8, 4) is 0 Å². The first kappa shape index (κ1) is 12.4. The third-order valence-electron chi connectivity index (χ3n) is 4.14. The molecule has 1 unspecified atom stereocenters. The molecule has 0 saturated carbocycles. The molecule has 98 valence electrons. The van der Waals surface area contributed by atoms with E-state index in [-0.39, 0.29) is 0 Å². The zero-order valence-electron chi connectivity index (χ0n) is 10.7. The zero-order valence-corrected chi connectivity index (χ0v) is 12.3. The number of anilines is 1. The standard InChI is InChI=1S/C14H20BrN3/c15-8-11-4-3-7-18(9-11)14-12-5-1-2-6-13(12)16-10-17-14/h10-11H,1-9H2. The Labute approximate surface area is 117 Å². The van der Waals surface area contributed by atoms with Crippen molar-refractivity contribution < 1.29 is 0 Å². The quantitative estimate of drug-likeness (QED) is 0.787. The molecular formula is C14H20BrN3. The SMILES string of the molecule is BrCC1CCCN(c2ncnc3c2CCCC3)C1. The lowest BCUT2D eigenvalue weighted by Crippen LogP contribution is -2.37. The average molecular weight is 310 g/mol. The fourth-order valence-corrected chi connectivity index (χ4v) is 3.69. The molecule has 1 aromatic heterocycles. The van der Waals surface area contributed by atoms with E-state index in [1.54, 1.807) is 6.33 Å². The first-order valence-corrected chi connectivity index (χ1v) is 8.14. The highest BCUT2D eigenvalue weighted by atomic mass is 79.9. The van der Waals surface area contributed by atoms with Crippen molar-refractivity contribution in [3.05, 3.63) is 17.6 Å². The summed E-state index contributed by atoms with van der Waals surface area (Å²) in [5, 5.41) is 1.11. The highest BCUT2D eigenvalue weighted by molar-refractivity contribution is 9.09. The molecule has 18 heavy (non-hydrogen) atoms. The van der Waals surface area contributed by atoms with E-state index in [2.05, 4.69) is 30.8 Å². The third-order valence-corrected chi connectivity index (χ3v) is 5.05. The number of rotatable bonds is 2. The van der Waals surface area contributed by atoms with Crippen molar-refractivity contribution in [1.29, 1.82) is 0 Å². The van der Waals surface area contributed by atoms with Crippen LogP contribution in [0.1, 0.15) is 36.9 Å². The van der Waals surface area contributed by atoms with E-state index in [0.29, 0.717) is 0 Å². The lowest BCUT2D eigenvalue weighted by molar-refractivity contribution is 0.450. The highest BCUT2D eigenvalue weighted by Crippen LogP contribution is 2.30. The summed E-state index contributed by atoms with van der Waals surface area (Å²) in [5.74, 6) is 2.00. The number of halogens is 1. The van der Waals surface area contributed by atoms with E-state index >= 15 is 0 Å². The van der Waals surface area contributed by atoms with Gasteiger partial charge in [0.15, 0.2) is 0 Å². The normalized spacial score (nSPS) is 23.8. The smallest absolute Gasteiger partial charge is 0.135 e. The molecule has 1 atom stereocenters. The molecule has 1 aromatic rings. The van der Waals surface area contributed by atoms with Gasteiger partial charge in [-0.15, -0.1) is 0 Å². The molecule has 0 aromatic carbocycles. The van der Waals surface area contributed by atoms with Crippen molar-refractivity contribution in [2.24, 2.45) is 5.92 Å². The summed E-state index contributed by atoms with van der Waals surface area (Å²) in [5.41, 5.74) is 2.73. The van der Waals surface area contributed by atoms with Crippen LogP contribution in [0.15, 0.2) is 6.33 Å². The molecule has 0 N–H and O–H groups in total. The summed E-state index contributed by atoms with van der Waals surface area (Å²) >= 11 is 3.63. The Morgan fingerprint density at radius 2 is 2.11 bits per heavy atom. The van der Waals surface area contributed by atoms with Gasteiger partial charge < -0.3 is 4.90 Å². The van der Waals surface area contributed by atoms with Gasteiger partial charge in [-0.05, 0) is 44.4 Å². The number of aromatic nitrogens is 2. The maximum absolute atomic E-state index is 4.58. The summed E-state index contributed by atoms with van der Waals surface area (Å²) in [4.78, 5) is 11.5. The van der Waals surface area contributed by atoms with Crippen LogP contribution in [0.2, 0.25) is 0 Å². The van der Waals surface area contributed by atoms with Gasteiger partial charge in [0.2, 0.25) is 0 Å². The van der Waals surface area contributed by atoms with Gasteiger partial charge in [0.1, 0.15) is 12.1 Å². The van der Waals surface area contributed by atoms with E-state index in [9.17, 15) is 0 Å². The molecule has 1 aliphatic carbocycles. The number of piperidine rings is 1. The van der Waals surface area contributed by atoms with E-state index in [1.165, 1.54) is 49.2 Å². The molecule has 0 amide bonds. The molecule has 1 aliphatic heterocycles. The van der Waals surface area contributed by atoms with E-state index in [1.807, 2.05) is 0 Å². The number of hydrogen-bond acceptors (Lipinski definition) is 3. The molecular weight excluding hydrogens is 290 g/mol. The van der Waals surface area contributed by atoms with Gasteiger partial charge in [-0.1, -0.05) is 15.9 Å². The molecule has 3 nitrogen and oxygen atoms in total. The van der Waals surface area contributed by atoms with Crippen molar-refractivity contribution in [3.63, 3.8) is 0 Å². The van der Waals surface area contributed by atoms with Crippen LogP contribution in [0.3, 0.4) is 0 Å². The number of nitrogens with zero attached hydrogens (tertiary/aromatic N) is 3. The van der Waals surface area contributed by atoms with Gasteiger partial charge in [0, 0.05) is 29.7 Å². The average Bonchev–Trinajstić information content (AvgIpc) is 2.47. The van der Waals surface area contributed by atoms with E-state index in [4.69, 9.17) is 0 Å². The minimum atomic E-state index is 0.771. The van der Waals surface area contributed by atoms with Crippen LogP contribution in [0.5, 0.6) is 0 Å². The van der Waals surface area contributed by atoms with Crippen molar-refractivity contribution >= 4 is 21.7 Å². The minimum absolute atomic E-state index is 0.771. The molecule has 0 bridgehead atoms. The second-order valence-corrected chi connectivity index (χ2v) is 6.09. The Bertz CT molecular complexity index is 422. The van der Waals surface area contributed by atoms with Crippen molar-refractivity contribution in [2.75, 3.05) is 23.3 Å². The first-order valence-electron chi connectivity index (χ1n) is 7.02. The van der Waals surface area contributed by atoms with Gasteiger partial charge in [-0.3, -0.25) is 0 Å². The van der Waals surface area contributed by atoms with Crippen LogP contribution in [0, 0.1) is 5.92 Å². The summed E-state index contributed by atoms with van der Waals surface area (Å²) in [6.07, 6.45) is 9.28. The Balaban J connectivity index is 1.87. The van der Waals surface area contributed by atoms with Crippen LogP contribution in [-0.4, -0.2) is 28.4 Å². The number of alkyl halides is 1. The van der Waals surface area contributed by atoms with Gasteiger partial charge in [0.05, 0.1) is 0 Å². The number of fused-ring (bicyclic) bond motifs is 1. The Morgan fingerprint density at radius 1 is 1.22 bits per heavy atom. The predicted octanol–water partition coefficient (Wildman–Crippen LogP) is 2.97. The molecule has 0 radical (unpaired) electrons. The van der Waals surface area contributed by atoms with Crippen LogP contribution >= 0.6 is 15.9 Å². The van der Waals surface area contributed by atoms with Crippen LogP contribution in [-0.2, 0) is 12.8 Å². The number of hydrogen-bond donors (Lipinski definition) is 0. The third kappa shape index (κ3) is 2.40. The van der Waals surface area contributed by atoms with E-state index < -0.39 is 0 Å². The summed E-state index contributed by atoms with van der Waals surface area (Å²) < 4.78 is 0. The lowest BCUT2D eigenvalue weighted by Gasteiger charge is -2.34. The Hall–Kier alpha value is -0.640. The Morgan fingerprint density at radius 3 is 3.00 bits per heavy atom.